The van der Waals surface area contributed by atoms with Crippen molar-refractivity contribution in [3.05, 3.63) is 29.3 Å². The first-order valence-corrected chi connectivity index (χ1v) is 5.51. The summed E-state index contributed by atoms with van der Waals surface area (Å²) in [5.41, 5.74) is 2.59. The molecule has 2 heterocycles. The van der Waals surface area contributed by atoms with E-state index in [1.807, 2.05) is 0 Å². The maximum absolute atomic E-state index is 5.72. The summed E-state index contributed by atoms with van der Waals surface area (Å²) in [5, 5.41) is 3.34. The van der Waals surface area contributed by atoms with Crippen LogP contribution in [0.1, 0.15) is 17.2 Å². The first kappa shape index (κ1) is 9.19. The van der Waals surface area contributed by atoms with Crippen LogP contribution in [-0.2, 0) is 11.2 Å². The van der Waals surface area contributed by atoms with E-state index in [4.69, 9.17) is 9.47 Å². The molecule has 1 N–H and O–H groups in total. The molecule has 1 atom stereocenters. The number of morpholine rings is 1. The second-order valence-corrected chi connectivity index (χ2v) is 4.03. The molecule has 3 nitrogen and oxygen atoms in total. The van der Waals surface area contributed by atoms with E-state index in [0.29, 0.717) is 0 Å². The van der Waals surface area contributed by atoms with E-state index in [2.05, 4.69) is 23.5 Å². The summed E-state index contributed by atoms with van der Waals surface area (Å²) < 4.78 is 11.2. The largest absolute Gasteiger partial charge is 0.493 e. The summed E-state index contributed by atoms with van der Waals surface area (Å²) >= 11 is 0. The van der Waals surface area contributed by atoms with Crippen molar-refractivity contribution in [1.29, 1.82) is 0 Å². The molecule has 0 aromatic heterocycles. The van der Waals surface area contributed by atoms with Crippen LogP contribution in [0.2, 0.25) is 0 Å². The van der Waals surface area contributed by atoms with E-state index < -0.39 is 0 Å². The summed E-state index contributed by atoms with van der Waals surface area (Å²) in [6.07, 6.45) is 1.24. The normalized spacial score (nSPS) is 24.7. The third kappa shape index (κ3) is 1.73. The SMILES string of the molecule is c1cc2c(cc1C1CNCCO1)CCO2. The Hall–Kier alpha value is -1.06. The number of hydrogen-bond acceptors (Lipinski definition) is 3. The highest BCUT2D eigenvalue weighted by Crippen LogP contribution is 2.29. The van der Waals surface area contributed by atoms with Gasteiger partial charge in [0.2, 0.25) is 0 Å². The fourth-order valence-corrected chi connectivity index (χ4v) is 2.19. The molecule has 0 radical (unpaired) electrons. The lowest BCUT2D eigenvalue weighted by molar-refractivity contribution is 0.0276. The number of ether oxygens (including phenoxy) is 2. The maximum atomic E-state index is 5.72. The minimum absolute atomic E-state index is 0.213. The molecular formula is C12H15NO2. The zero-order chi connectivity index (χ0) is 10.1. The zero-order valence-electron chi connectivity index (χ0n) is 8.66. The molecule has 1 saturated heterocycles. The average Bonchev–Trinajstić information content (AvgIpc) is 2.77. The van der Waals surface area contributed by atoms with Gasteiger partial charge in [0.05, 0.1) is 19.3 Å². The second-order valence-electron chi connectivity index (χ2n) is 4.03. The molecule has 2 aliphatic heterocycles. The molecule has 15 heavy (non-hydrogen) atoms. The molecule has 1 aromatic carbocycles. The highest BCUT2D eigenvalue weighted by molar-refractivity contribution is 5.40. The minimum Gasteiger partial charge on any atom is -0.493 e. The van der Waals surface area contributed by atoms with Crippen molar-refractivity contribution in [3.8, 4) is 5.75 Å². The molecule has 1 unspecified atom stereocenters. The molecule has 0 bridgehead atoms. The van der Waals surface area contributed by atoms with Gasteiger partial charge in [-0.25, -0.2) is 0 Å². The van der Waals surface area contributed by atoms with Crippen molar-refractivity contribution in [2.45, 2.75) is 12.5 Å². The van der Waals surface area contributed by atoms with Crippen molar-refractivity contribution >= 4 is 0 Å². The third-order valence-electron chi connectivity index (χ3n) is 3.01. The lowest BCUT2D eigenvalue weighted by Gasteiger charge is -2.24. The highest BCUT2D eigenvalue weighted by atomic mass is 16.5. The van der Waals surface area contributed by atoms with Crippen LogP contribution in [0.5, 0.6) is 5.75 Å². The highest BCUT2D eigenvalue weighted by Gasteiger charge is 2.19. The molecule has 3 heteroatoms. The van der Waals surface area contributed by atoms with Gasteiger partial charge in [-0.1, -0.05) is 6.07 Å². The van der Waals surface area contributed by atoms with E-state index in [1.165, 1.54) is 11.1 Å². The Balaban J connectivity index is 1.85. The van der Waals surface area contributed by atoms with Gasteiger partial charge < -0.3 is 14.8 Å². The van der Waals surface area contributed by atoms with E-state index in [0.717, 1.165) is 38.5 Å². The first-order valence-electron chi connectivity index (χ1n) is 5.51. The van der Waals surface area contributed by atoms with Crippen molar-refractivity contribution in [1.82, 2.24) is 5.32 Å². The van der Waals surface area contributed by atoms with Crippen LogP contribution in [0, 0.1) is 0 Å². The van der Waals surface area contributed by atoms with Gasteiger partial charge in [-0.05, 0) is 23.3 Å². The lowest BCUT2D eigenvalue weighted by Crippen LogP contribution is -2.33. The van der Waals surface area contributed by atoms with Crippen LogP contribution in [0.25, 0.3) is 0 Å². The molecule has 2 aliphatic rings. The predicted octanol–water partition coefficient (Wildman–Crippen LogP) is 1.28. The van der Waals surface area contributed by atoms with E-state index >= 15 is 0 Å². The summed E-state index contributed by atoms with van der Waals surface area (Å²) in [6.45, 7) is 3.50. The van der Waals surface area contributed by atoms with Crippen LogP contribution in [0.4, 0.5) is 0 Å². The van der Waals surface area contributed by atoms with Gasteiger partial charge in [-0.15, -0.1) is 0 Å². The molecule has 0 spiro atoms. The van der Waals surface area contributed by atoms with E-state index in [9.17, 15) is 0 Å². The number of fused-ring (bicyclic) bond motifs is 1. The molecule has 1 aromatic rings. The average molecular weight is 205 g/mol. The van der Waals surface area contributed by atoms with Crippen LogP contribution in [0.3, 0.4) is 0 Å². The monoisotopic (exact) mass is 205 g/mol. The molecule has 3 rings (SSSR count). The number of benzene rings is 1. The van der Waals surface area contributed by atoms with Gasteiger partial charge in [0.1, 0.15) is 5.75 Å². The second kappa shape index (κ2) is 3.83. The van der Waals surface area contributed by atoms with Gasteiger partial charge >= 0.3 is 0 Å². The third-order valence-corrected chi connectivity index (χ3v) is 3.01. The van der Waals surface area contributed by atoms with Gasteiger partial charge in [-0.3, -0.25) is 0 Å². The Morgan fingerprint density at radius 1 is 1.27 bits per heavy atom. The quantitative estimate of drug-likeness (QED) is 0.749. The van der Waals surface area contributed by atoms with Crippen molar-refractivity contribution < 1.29 is 9.47 Å². The summed E-state index contributed by atoms with van der Waals surface area (Å²) in [7, 11) is 0. The fraction of sp³-hybridized carbons (Fsp3) is 0.500. The van der Waals surface area contributed by atoms with Crippen LogP contribution < -0.4 is 10.1 Å². The Morgan fingerprint density at radius 3 is 3.13 bits per heavy atom. The molecular weight excluding hydrogens is 190 g/mol. The molecule has 80 valence electrons. The Morgan fingerprint density at radius 2 is 2.27 bits per heavy atom. The van der Waals surface area contributed by atoms with E-state index in [1.54, 1.807) is 0 Å². The smallest absolute Gasteiger partial charge is 0.122 e. The topological polar surface area (TPSA) is 30.5 Å². The van der Waals surface area contributed by atoms with Crippen molar-refractivity contribution in [2.75, 3.05) is 26.3 Å². The predicted molar refractivity (Wildman–Crippen MR) is 57.2 cm³/mol. The van der Waals surface area contributed by atoms with Crippen LogP contribution >= 0.6 is 0 Å². The summed E-state index contributed by atoms with van der Waals surface area (Å²) in [6, 6.07) is 6.40. The molecule has 0 saturated carbocycles. The maximum Gasteiger partial charge on any atom is 0.122 e. The number of rotatable bonds is 1. The first-order chi connectivity index (χ1) is 7.43. The number of hydrogen-bond donors (Lipinski definition) is 1. The van der Waals surface area contributed by atoms with Gasteiger partial charge in [-0.2, -0.15) is 0 Å². The summed E-state index contributed by atoms with van der Waals surface area (Å²) in [4.78, 5) is 0. The molecule has 1 fully saturated rings. The minimum atomic E-state index is 0.213. The van der Waals surface area contributed by atoms with Crippen LogP contribution in [-0.4, -0.2) is 26.3 Å². The molecule has 0 amide bonds. The zero-order valence-corrected chi connectivity index (χ0v) is 8.66. The van der Waals surface area contributed by atoms with Crippen molar-refractivity contribution in [2.24, 2.45) is 0 Å². The van der Waals surface area contributed by atoms with E-state index in [-0.39, 0.29) is 6.10 Å². The van der Waals surface area contributed by atoms with Gasteiger partial charge in [0.25, 0.3) is 0 Å². The number of nitrogens with one attached hydrogen (secondary N) is 1. The molecule has 0 aliphatic carbocycles. The standard InChI is InChI=1S/C12H15NO2/c1-2-11-10(3-5-14-11)7-9(1)12-8-13-4-6-15-12/h1-2,7,12-13H,3-6,8H2. The summed E-state index contributed by atoms with van der Waals surface area (Å²) in [5.74, 6) is 1.04. The Labute approximate surface area is 89.4 Å². The van der Waals surface area contributed by atoms with Crippen molar-refractivity contribution in [3.63, 3.8) is 0 Å². The Kier molecular flexibility index (Phi) is 2.35. The lowest BCUT2D eigenvalue weighted by atomic mass is 10.0. The van der Waals surface area contributed by atoms with Gasteiger partial charge in [0, 0.05) is 19.5 Å². The van der Waals surface area contributed by atoms with Crippen LogP contribution in [0.15, 0.2) is 18.2 Å². The fourth-order valence-electron chi connectivity index (χ4n) is 2.19. The van der Waals surface area contributed by atoms with Gasteiger partial charge in [0.15, 0.2) is 0 Å². The Bertz CT molecular complexity index is 359.